The van der Waals surface area contributed by atoms with E-state index in [1.165, 1.54) is 25.1 Å². The molecule has 1 rings (SSSR count). The quantitative estimate of drug-likeness (QED) is 0.615. The molecule has 0 heterocycles. The van der Waals surface area contributed by atoms with Gasteiger partial charge in [0.05, 0.1) is 4.90 Å². The van der Waals surface area contributed by atoms with Crippen molar-refractivity contribution in [1.29, 1.82) is 0 Å². The lowest BCUT2D eigenvalue weighted by atomic mass is 10.2. The SMILES string of the molecule is CCC(=O)C(=O)Nc1cccc(S(=O)(=O)O)c1. The van der Waals surface area contributed by atoms with E-state index in [0.717, 1.165) is 6.07 Å². The van der Waals surface area contributed by atoms with Gasteiger partial charge < -0.3 is 5.32 Å². The van der Waals surface area contributed by atoms with Crippen LogP contribution in [-0.4, -0.2) is 24.7 Å². The Balaban J connectivity index is 2.95. The van der Waals surface area contributed by atoms with Gasteiger partial charge in [-0.25, -0.2) is 0 Å². The fourth-order valence-electron chi connectivity index (χ4n) is 1.10. The first-order valence-corrected chi connectivity index (χ1v) is 6.20. The molecular formula is C10H11NO5S. The summed E-state index contributed by atoms with van der Waals surface area (Å²) in [6.07, 6.45) is 0.0593. The van der Waals surface area contributed by atoms with Gasteiger partial charge in [0.2, 0.25) is 5.78 Å². The van der Waals surface area contributed by atoms with Gasteiger partial charge in [0.1, 0.15) is 0 Å². The van der Waals surface area contributed by atoms with Crippen LogP contribution in [0.3, 0.4) is 0 Å². The van der Waals surface area contributed by atoms with E-state index in [-0.39, 0.29) is 17.0 Å². The average molecular weight is 257 g/mol. The fourth-order valence-corrected chi connectivity index (χ4v) is 1.62. The second kappa shape index (κ2) is 5.07. The number of Topliss-reactive ketones (excluding diaryl/α,β-unsaturated/α-hetero) is 1. The zero-order chi connectivity index (χ0) is 13.1. The van der Waals surface area contributed by atoms with E-state index in [0.29, 0.717) is 0 Å². The van der Waals surface area contributed by atoms with Crippen molar-refractivity contribution in [2.75, 3.05) is 5.32 Å². The van der Waals surface area contributed by atoms with Crippen molar-refractivity contribution in [3.8, 4) is 0 Å². The second-order valence-corrected chi connectivity index (χ2v) is 4.66. The highest BCUT2D eigenvalue weighted by atomic mass is 32.2. The summed E-state index contributed by atoms with van der Waals surface area (Å²) >= 11 is 0. The largest absolute Gasteiger partial charge is 0.319 e. The summed E-state index contributed by atoms with van der Waals surface area (Å²) in [5.74, 6) is -1.43. The van der Waals surface area contributed by atoms with Crippen LogP contribution in [0.2, 0.25) is 0 Å². The standard InChI is InChI=1S/C10H11NO5S/c1-2-9(12)10(13)11-7-4-3-5-8(6-7)17(14,15)16/h3-6H,2H2,1H3,(H,11,13)(H,14,15,16). The maximum atomic E-state index is 11.2. The van der Waals surface area contributed by atoms with Crippen LogP contribution in [0.25, 0.3) is 0 Å². The lowest BCUT2D eigenvalue weighted by molar-refractivity contribution is -0.134. The summed E-state index contributed by atoms with van der Waals surface area (Å²) in [6.45, 7) is 1.54. The van der Waals surface area contributed by atoms with Crippen LogP contribution < -0.4 is 5.32 Å². The number of rotatable bonds is 4. The Hall–Kier alpha value is -1.73. The van der Waals surface area contributed by atoms with E-state index in [4.69, 9.17) is 4.55 Å². The molecule has 0 saturated heterocycles. The van der Waals surface area contributed by atoms with Crippen LogP contribution in [-0.2, 0) is 19.7 Å². The highest BCUT2D eigenvalue weighted by molar-refractivity contribution is 7.85. The van der Waals surface area contributed by atoms with Gasteiger partial charge in [0, 0.05) is 12.1 Å². The molecule has 7 heteroatoms. The van der Waals surface area contributed by atoms with Crippen molar-refractivity contribution in [3.63, 3.8) is 0 Å². The summed E-state index contributed by atoms with van der Waals surface area (Å²) in [5.41, 5.74) is 0.131. The highest BCUT2D eigenvalue weighted by Gasteiger charge is 2.13. The molecule has 0 fully saturated rings. The number of benzene rings is 1. The lowest BCUT2D eigenvalue weighted by Gasteiger charge is -2.04. The summed E-state index contributed by atoms with van der Waals surface area (Å²) < 4.78 is 30.5. The second-order valence-electron chi connectivity index (χ2n) is 3.23. The smallest absolute Gasteiger partial charge is 0.294 e. The summed E-state index contributed by atoms with van der Waals surface area (Å²) in [5, 5.41) is 2.24. The van der Waals surface area contributed by atoms with Crippen molar-refractivity contribution < 1.29 is 22.6 Å². The Bertz CT molecular complexity index is 550. The Morgan fingerprint density at radius 3 is 2.53 bits per heavy atom. The highest BCUT2D eigenvalue weighted by Crippen LogP contribution is 2.15. The van der Waals surface area contributed by atoms with Gasteiger partial charge in [-0.05, 0) is 18.2 Å². The number of amides is 1. The van der Waals surface area contributed by atoms with Crippen molar-refractivity contribution in [2.45, 2.75) is 18.2 Å². The van der Waals surface area contributed by atoms with Crippen LogP contribution in [0, 0.1) is 0 Å². The first kappa shape index (κ1) is 13.3. The van der Waals surface area contributed by atoms with Crippen LogP contribution in [0.4, 0.5) is 5.69 Å². The van der Waals surface area contributed by atoms with E-state index >= 15 is 0 Å². The van der Waals surface area contributed by atoms with Crippen LogP contribution in [0.1, 0.15) is 13.3 Å². The number of hydrogen-bond acceptors (Lipinski definition) is 4. The van der Waals surface area contributed by atoms with Gasteiger partial charge in [-0.3, -0.25) is 14.1 Å². The zero-order valence-corrected chi connectivity index (χ0v) is 9.82. The van der Waals surface area contributed by atoms with Crippen molar-refractivity contribution in [1.82, 2.24) is 0 Å². The maximum Gasteiger partial charge on any atom is 0.294 e. The molecule has 1 aromatic carbocycles. The third kappa shape index (κ3) is 3.65. The van der Waals surface area contributed by atoms with E-state index in [2.05, 4.69) is 5.32 Å². The predicted octanol–water partition coefficient (Wildman–Crippen LogP) is 0.851. The van der Waals surface area contributed by atoms with Crippen LogP contribution in [0.15, 0.2) is 29.2 Å². The number of carbonyl (C=O) groups is 2. The van der Waals surface area contributed by atoms with Gasteiger partial charge in [-0.2, -0.15) is 8.42 Å². The number of hydrogen-bond donors (Lipinski definition) is 2. The first-order chi connectivity index (χ1) is 7.84. The molecular weight excluding hydrogens is 246 g/mol. The van der Waals surface area contributed by atoms with E-state index < -0.39 is 21.8 Å². The molecule has 0 aliphatic rings. The Kier molecular flexibility index (Phi) is 3.97. The molecule has 0 aliphatic carbocycles. The molecule has 2 N–H and O–H groups in total. The third-order valence-electron chi connectivity index (χ3n) is 1.96. The molecule has 92 valence electrons. The topological polar surface area (TPSA) is 101 Å². The summed E-state index contributed by atoms with van der Waals surface area (Å²) in [4.78, 5) is 21.9. The van der Waals surface area contributed by atoms with Crippen molar-refractivity contribution in [2.24, 2.45) is 0 Å². The Morgan fingerprint density at radius 1 is 1.35 bits per heavy atom. The minimum Gasteiger partial charge on any atom is -0.319 e. The predicted molar refractivity (Wildman–Crippen MR) is 60.2 cm³/mol. The molecule has 17 heavy (non-hydrogen) atoms. The van der Waals surface area contributed by atoms with Crippen molar-refractivity contribution >= 4 is 27.5 Å². The van der Waals surface area contributed by atoms with Gasteiger partial charge in [0.25, 0.3) is 16.0 Å². The first-order valence-electron chi connectivity index (χ1n) is 4.76. The minimum absolute atomic E-state index is 0.0593. The molecule has 0 saturated carbocycles. The van der Waals surface area contributed by atoms with Gasteiger partial charge >= 0.3 is 0 Å². The number of nitrogens with one attached hydrogen (secondary N) is 1. The lowest BCUT2D eigenvalue weighted by Crippen LogP contribution is -2.21. The molecule has 0 bridgehead atoms. The Labute approximate surface area is 98.4 Å². The molecule has 0 unspecified atom stereocenters. The molecule has 1 amide bonds. The zero-order valence-electron chi connectivity index (χ0n) is 9.00. The molecule has 6 nitrogen and oxygen atoms in total. The van der Waals surface area contributed by atoms with Crippen LogP contribution in [0.5, 0.6) is 0 Å². The van der Waals surface area contributed by atoms with E-state index in [9.17, 15) is 18.0 Å². The monoisotopic (exact) mass is 257 g/mol. The normalized spacial score (nSPS) is 10.9. The average Bonchev–Trinajstić information content (AvgIpc) is 2.27. The number of carbonyl (C=O) groups excluding carboxylic acids is 2. The molecule has 0 atom stereocenters. The fraction of sp³-hybridized carbons (Fsp3) is 0.200. The van der Waals surface area contributed by atoms with E-state index in [1.54, 1.807) is 0 Å². The minimum atomic E-state index is -4.32. The molecule has 0 aromatic heterocycles. The molecule has 0 radical (unpaired) electrons. The number of ketones is 1. The van der Waals surface area contributed by atoms with Crippen molar-refractivity contribution in [3.05, 3.63) is 24.3 Å². The van der Waals surface area contributed by atoms with Gasteiger partial charge in [-0.1, -0.05) is 13.0 Å². The molecule has 0 spiro atoms. The van der Waals surface area contributed by atoms with E-state index in [1.807, 2.05) is 0 Å². The van der Waals surface area contributed by atoms with Gasteiger partial charge in [-0.15, -0.1) is 0 Å². The Morgan fingerprint density at radius 2 is 2.00 bits per heavy atom. The third-order valence-corrected chi connectivity index (χ3v) is 2.81. The van der Waals surface area contributed by atoms with Gasteiger partial charge in [0.15, 0.2) is 0 Å². The van der Waals surface area contributed by atoms with Crippen LogP contribution >= 0.6 is 0 Å². The maximum absolute atomic E-state index is 11.2. The molecule has 0 aliphatic heterocycles. The molecule has 1 aromatic rings. The summed E-state index contributed by atoms with van der Waals surface area (Å²) in [6, 6.07) is 4.99. The summed E-state index contributed by atoms with van der Waals surface area (Å²) in [7, 11) is -4.32. The number of anilines is 1.